The molecule has 24 heavy (non-hydrogen) atoms. The van der Waals surface area contributed by atoms with Gasteiger partial charge in [0.2, 0.25) is 10.8 Å². The van der Waals surface area contributed by atoms with E-state index in [-0.39, 0.29) is 11.9 Å². The minimum atomic E-state index is 0.0764. The number of aromatic nitrogens is 3. The first-order valence-corrected chi connectivity index (χ1v) is 9.76. The first-order chi connectivity index (χ1) is 11.5. The van der Waals surface area contributed by atoms with Gasteiger partial charge in [-0.3, -0.25) is 4.90 Å². The SMILES string of the molecule is Cc1nc2sc([C@@H](c3sccc3C)N3CCN(C)CC3)c(O)n2n1. The molecule has 1 fully saturated rings. The van der Waals surface area contributed by atoms with Crippen molar-refractivity contribution in [2.24, 2.45) is 0 Å². The fourth-order valence-electron chi connectivity index (χ4n) is 3.22. The number of nitrogens with zero attached hydrogens (tertiary/aromatic N) is 5. The van der Waals surface area contributed by atoms with E-state index in [1.807, 2.05) is 6.92 Å². The van der Waals surface area contributed by atoms with E-state index in [2.05, 4.69) is 45.3 Å². The Morgan fingerprint density at radius 1 is 1.17 bits per heavy atom. The van der Waals surface area contributed by atoms with Crippen LogP contribution in [-0.4, -0.2) is 62.7 Å². The maximum Gasteiger partial charge on any atom is 0.230 e. The normalized spacial score (nSPS) is 18.5. The number of aryl methyl sites for hydroxylation is 2. The highest BCUT2D eigenvalue weighted by Crippen LogP contribution is 2.42. The van der Waals surface area contributed by atoms with Crippen molar-refractivity contribution in [3.63, 3.8) is 0 Å². The van der Waals surface area contributed by atoms with Gasteiger partial charge in [0.15, 0.2) is 0 Å². The second-order valence-electron chi connectivity index (χ2n) is 6.35. The van der Waals surface area contributed by atoms with Crippen molar-refractivity contribution in [1.29, 1.82) is 0 Å². The van der Waals surface area contributed by atoms with Crippen LogP contribution in [0.25, 0.3) is 4.96 Å². The third-order valence-electron chi connectivity index (χ3n) is 4.61. The summed E-state index contributed by atoms with van der Waals surface area (Å²) in [5.41, 5.74) is 1.28. The highest BCUT2D eigenvalue weighted by Gasteiger charge is 2.32. The van der Waals surface area contributed by atoms with E-state index in [1.165, 1.54) is 10.4 Å². The van der Waals surface area contributed by atoms with Gasteiger partial charge in [0.1, 0.15) is 5.82 Å². The molecule has 1 atom stereocenters. The highest BCUT2D eigenvalue weighted by atomic mass is 32.1. The van der Waals surface area contributed by atoms with Crippen LogP contribution >= 0.6 is 22.7 Å². The third kappa shape index (κ3) is 2.63. The van der Waals surface area contributed by atoms with Crippen molar-refractivity contribution in [2.75, 3.05) is 33.2 Å². The number of thiazole rings is 1. The van der Waals surface area contributed by atoms with Gasteiger partial charge in [-0.25, -0.2) is 4.98 Å². The van der Waals surface area contributed by atoms with Gasteiger partial charge in [-0.2, -0.15) is 4.52 Å². The number of fused-ring (bicyclic) bond motifs is 1. The van der Waals surface area contributed by atoms with Crippen LogP contribution in [0.2, 0.25) is 0 Å². The molecule has 0 unspecified atom stereocenters. The molecule has 0 saturated carbocycles. The van der Waals surface area contributed by atoms with Crippen LogP contribution in [0.15, 0.2) is 11.4 Å². The van der Waals surface area contributed by atoms with Crippen LogP contribution in [0.5, 0.6) is 5.88 Å². The number of likely N-dealkylation sites (N-methyl/N-ethyl adjacent to an activating group) is 1. The molecule has 1 saturated heterocycles. The second kappa shape index (κ2) is 6.11. The van der Waals surface area contributed by atoms with Gasteiger partial charge >= 0.3 is 0 Å². The predicted molar refractivity (Wildman–Crippen MR) is 97.2 cm³/mol. The summed E-state index contributed by atoms with van der Waals surface area (Å²) in [5, 5.41) is 17.2. The molecule has 3 aromatic heterocycles. The molecule has 4 rings (SSSR count). The predicted octanol–water partition coefficient (Wildman–Crippen LogP) is 2.51. The van der Waals surface area contributed by atoms with Crippen molar-refractivity contribution >= 4 is 27.6 Å². The van der Waals surface area contributed by atoms with E-state index in [9.17, 15) is 5.11 Å². The van der Waals surface area contributed by atoms with Crippen LogP contribution < -0.4 is 0 Å². The Hall–Kier alpha value is -1.48. The number of rotatable bonds is 3. The zero-order valence-corrected chi connectivity index (χ0v) is 15.7. The molecule has 3 aromatic rings. The van der Waals surface area contributed by atoms with Gasteiger partial charge in [-0.05, 0) is 37.9 Å². The minimum absolute atomic E-state index is 0.0764. The lowest BCUT2D eigenvalue weighted by Gasteiger charge is -2.37. The summed E-state index contributed by atoms with van der Waals surface area (Å²) < 4.78 is 1.57. The molecule has 0 radical (unpaired) electrons. The first kappa shape index (κ1) is 16.0. The largest absolute Gasteiger partial charge is 0.492 e. The Kier molecular flexibility index (Phi) is 4.07. The monoisotopic (exact) mass is 363 g/mol. The van der Waals surface area contributed by atoms with Crippen LogP contribution in [0.3, 0.4) is 0 Å². The lowest BCUT2D eigenvalue weighted by Crippen LogP contribution is -2.46. The topological polar surface area (TPSA) is 56.9 Å². The Bertz CT molecular complexity index is 859. The van der Waals surface area contributed by atoms with E-state index in [4.69, 9.17) is 0 Å². The van der Waals surface area contributed by atoms with Gasteiger partial charge in [0.25, 0.3) is 0 Å². The summed E-state index contributed by atoms with van der Waals surface area (Å²) in [4.78, 5) is 12.2. The van der Waals surface area contributed by atoms with E-state index in [0.29, 0.717) is 5.82 Å². The fraction of sp³-hybridized carbons (Fsp3) is 0.500. The maximum absolute atomic E-state index is 10.8. The van der Waals surface area contributed by atoms with E-state index in [0.717, 1.165) is 36.0 Å². The van der Waals surface area contributed by atoms with Crippen LogP contribution in [0.4, 0.5) is 0 Å². The Morgan fingerprint density at radius 2 is 1.92 bits per heavy atom. The number of hydrogen-bond acceptors (Lipinski definition) is 7. The number of hydrogen-bond donors (Lipinski definition) is 1. The third-order valence-corrected chi connectivity index (χ3v) is 6.75. The van der Waals surface area contributed by atoms with Gasteiger partial charge in [-0.1, -0.05) is 11.3 Å². The molecule has 0 aliphatic carbocycles. The molecular weight excluding hydrogens is 342 g/mol. The average molecular weight is 364 g/mol. The van der Waals surface area contributed by atoms with Gasteiger partial charge in [-0.15, -0.1) is 16.4 Å². The summed E-state index contributed by atoms with van der Waals surface area (Å²) in [6, 6.07) is 2.23. The summed E-state index contributed by atoms with van der Waals surface area (Å²) in [5.74, 6) is 0.916. The zero-order valence-electron chi connectivity index (χ0n) is 14.1. The van der Waals surface area contributed by atoms with E-state index in [1.54, 1.807) is 27.2 Å². The van der Waals surface area contributed by atoms with Gasteiger partial charge < -0.3 is 10.0 Å². The van der Waals surface area contributed by atoms with Crippen LogP contribution in [-0.2, 0) is 0 Å². The number of piperazine rings is 1. The molecule has 0 aromatic carbocycles. The quantitative estimate of drug-likeness (QED) is 0.775. The summed E-state index contributed by atoms with van der Waals surface area (Å²) >= 11 is 3.31. The number of thiophene rings is 1. The molecule has 128 valence electrons. The number of aromatic hydroxyl groups is 1. The fourth-order valence-corrected chi connectivity index (χ4v) is 5.51. The molecule has 1 aliphatic rings. The molecule has 1 N–H and O–H groups in total. The molecule has 1 aliphatic heterocycles. The van der Waals surface area contributed by atoms with Crippen molar-refractivity contribution in [2.45, 2.75) is 19.9 Å². The molecule has 8 heteroatoms. The van der Waals surface area contributed by atoms with Gasteiger partial charge in [0, 0.05) is 31.1 Å². The Balaban J connectivity index is 1.80. The van der Waals surface area contributed by atoms with Crippen molar-refractivity contribution in [1.82, 2.24) is 24.4 Å². The molecule has 4 heterocycles. The first-order valence-electron chi connectivity index (χ1n) is 8.06. The van der Waals surface area contributed by atoms with Crippen molar-refractivity contribution in [3.8, 4) is 5.88 Å². The van der Waals surface area contributed by atoms with Crippen molar-refractivity contribution < 1.29 is 5.11 Å². The summed E-state index contributed by atoms with van der Waals surface area (Å²) in [7, 11) is 2.16. The lowest BCUT2D eigenvalue weighted by atomic mass is 10.1. The maximum atomic E-state index is 10.8. The Labute approximate surface area is 149 Å². The zero-order chi connectivity index (χ0) is 16.8. The molecule has 6 nitrogen and oxygen atoms in total. The smallest absolute Gasteiger partial charge is 0.230 e. The molecular formula is C16H21N5OS2. The van der Waals surface area contributed by atoms with E-state index >= 15 is 0 Å². The van der Waals surface area contributed by atoms with E-state index < -0.39 is 0 Å². The average Bonchev–Trinajstić information content (AvgIpc) is 3.20. The van der Waals surface area contributed by atoms with Crippen LogP contribution in [0, 0.1) is 13.8 Å². The lowest BCUT2D eigenvalue weighted by molar-refractivity contribution is 0.128. The molecule has 0 bridgehead atoms. The van der Waals surface area contributed by atoms with Crippen LogP contribution in [0.1, 0.15) is 27.2 Å². The summed E-state index contributed by atoms with van der Waals surface area (Å²) in [6.07, 6.45) is 0. The summed E-state index contributed by atoms with van der Waals surface area (Å²) in [6.45, 7) is 8.06. The van der Waals surface area contributed by atoms with Gasteiger partial charge in [0.05, 0.1) is 10.9 Å². The molecule has 0 spiro atoms. The highest BCUT2D eigenvalue weighted by molar-refractivity contribution is 7.17. The Morgan fingerprint density at radius 3 is 2.54 bits per heavy atom. The standard InChI is InChI=1S/C16H21N5OS2/c1-10-4-9-23-13(10)12(20-7-5-19(3)6-8-20)14-15(22)21-16(24-14)17-11(2)18-21/h4,9,12,22H,5-8H2,1-3H3/t12-/m1/s1. The second-order valence-corrected chi connectivity index (χ2v) is 8.31. The minimum Gasteiger partial charge on any atom is -0.492 e. The van der Waals surface area contributed by atoms with Crippen molar-refractivity contribution in [3.05, 3.63) is 32.6 Å². The molecule has 0 amide bonds.